The van der Waals surface area contributed by atoms with E-state index in [-0.39, 0.29) is 5.91 Å². The summed E-state index contributed by atoms with van der Waals surface area (Å²) in [5.74, 6) is 0.634. The summed E-state index contributed by atoms with van der Waals surface area (Å²) in [5, 5.41) is 10.9. The first-order valence-corrected chi connectivity index (χ1v) is 10.9. The maximum atomic E-state index is 12.1. The summed E-state index contributed by atoms with van der Waals surface area (Å²) < 4.78 is 1.88. The van der Waals surface area contributed by atoms with Crippen LogP contribution in [0.3, 0.4) is 0 Å². The second-order valence-electron chi connectivity index (χ2n) is 8.40. The summed E-state index contributed by atoms with van der Waals surface area (Å²) in [6.07, 6.45) is 5.48. The third-order valence-corrected chi connectivity index (χ3v) is 6.62. The van der Waals surface area contributed by atoms with E-state index >= 15 is 0 Å². The minimum atomic E-state index is -0.0798. The van der Waals surface area contributed by atoms with Crippen LogP contribution in [0.25, 0.3) is 0 Å². The zero-order valence-corrected chi connectivity index (χ0v) is 17.7. The fraction of sp³-hybridized carbons (Fsp3) is 0.565. The van der Waals surface area contributed by atoms with Crippen LogP contribution in [0, 0.1) is 0 Å². The Balaban J connectivity index is 1.24. The maximum Gasteiger partial charge on any atom is 0.271 e. The number of nitrogens with zero attached hydrogens (tertiary/aromatic N) is 3. The lowest BCUT2D eigenvalue weighted by Crippen LogP contribution is -2.42. The van der Waals surface area contributed by atoms with Gasteiger partial charge in [0.2, 0.25) is 0 Å². The van der Waals surface area contributed by atoms with E-state index in [4.69, 9.17) is 0 Å². The first-order chi connectivity index (χ1) is 14.2. The minimum Gasteiger partial charge on any atom is -0.354 e. The molecule has 6 nitrogen and oxygen atoms in total. The van der Waals surface area contributed by atoms with E-state index < -0.39 is 0 Å². The molecule has 156 valence electrons. The zero-order valence-electron chi connectivity index (χ0n) is 17.7. The Morgan fingerprint density at radius 3 is 2.66 bits per heavy atom. The van der Waals surface area contributed by atoms with Crippen LogP contribution in [0.15, 0.2) is 30.3 Å². The van der Waals surface area contributed by atoms with Crippen molar-refractivity contribution >= 4 is 5.91 Å². The van der Waals surface area contributed by atoms with Gasteiger partial charge in [0.05, 0.1) is 0 Å². The number of carbonyl (C=O) groups excluding carboxylic acids is 1. The van der Waals surface area contributed by atoms with Gasteiger partial charge < -0.3 is 15.5 Å². The SMILES string of the molecule is CNC(=O)c1nn(C)c2c1C[C@H](NCCN1CCC(c3ccccc3)CC1)CC2. The Morgan fingerprint density at radius 2 is 1.93 bits per heavy atom. The molecule has 4 rings (SSSR count). The van der Waals surface area contributed by atoms with E-state index in [0.29, 0.717) is 17.7 Å². The topological polar surface area (TPSA) is 62.2 Å². The molecule has 1 amide bonds. The van der Waals surface area contributed by atoms with Crippen molar-refractivity contribution in [2.75, 3.05) is 33.2 Å². The Morgan fingerprint density at radius 1 is 1.17 bits per heavy atom. The van der Waals surface area contributed by atoms with Crippen LogP contribution in [0.1, 0.15) is 52.5 Å². The van der Waals surface area contributed by atoms with E-state index in [9.17, 15) is 4.79 Å². The van der Waals surface area contributed by atoms with Crippen LogP contribution in [-0.4, -0.2) is 59.9 Å². The summed E-state index contributed by atoms with van der Waals surface area (Å²) in [5.41, 5.74) is 4.43. The molecule has 0 radical (unpaired) electrons. The van der Waals surface area contributed by atoms with Gasteiger partial charge in [-0.15, -0.1) is 0 Å². The minimum absolute atomic E-state index is 0.0798. The van der Waals surface area contributed by atoms with Crippen LogP contribution in [0.4, 0.5) is 0 Å². The van der Waals surface area contributed by atoms with Crippen LogP contribution in [-0.2, 0) is 19.9 Å². The second-order valence-corrected chi connectivity index (χ2v) is 8.40. The number of amides is 1. The highest BCUT2D eigenvalue weighted by atomic mass is 16.1. The summed E-state index contributed by atoms with van der Waals surface area (Å²) in [7, 11) is 3.61. The van der Waals surface area contributed by atoms with Gasteiger partial charge in [0.15, 0.2) is 5.69 Å². The Hall–Kier alpha value is -2.18. The molecule has 1 saturated heterocycles. The quantitative estimate of drug-likeness (QED) is 0.786. The largest absolute Gasteiger partial charge is 0.354 e. The van der Waals surface area contributed by atoms with Gasteiger partial charge in [-0.1, -0.05) is 30.3 Å². The molecule has 0 unspecified atom stereocenters. The van der Waals surface area contributed by atoms with Crippen LogP contribution < -0.4 is 10.6 Å². The Kier molecular flexibility index (Phi) is 6.31. The molecule has 1 aliphatic heterocycles. The molecule has 1 aliphatic carbocycles. The van der Waals surface area contributed by atoms with Crippen molar-refractivity contribution in [1.82, 2.24) is 25.3 Å². The number of piperidine rings is 1. The third kappa shape index (κ3) is 4.54. The smallest absolute Gasteiger partial charge is 0.271 e. The predicted octanol–water partition coefficient (Wildman–Crippen LogP) is 2.11. The fourth-order valence-electron chi connectivity index (χ4n) is 4.91. The van der Waals surface area contributed by atoms with Gasteiger partial charge in [0.1, 0.15) is 0 Å². The van der Waals surface area contributed by atoms with Crippen molar-refractivity contribution in [3.05, 3.63) is 52.8 Å². The van der Waals surface area contributed by atoms with E-state index in [1.807, 2.05) is 11.7 Å². The molecule has 29 heavy (non-hydrogen) atoms. The monoisotopic (exact) mass is 395 g/mol. The summed E-state index contributed by atoms with van der Waals surface area (Å²) >= 11 is 0. The van der Waals surface area contributed by atoms with Gasteiger partial charge >= 0.3 is 0 Å². The zero-order chi connectivity index (χ0) is 20.2. The average Bonchev–Trinajstić information content (AvgIpc) is 3.10. The number of aromatic nitrogens is 2. The predicted molar refractivity (Wildman–Crippen MR) is 115 cm³/mol. The van der Waals surface area contributed by atoms with Gasteiger partial charge in [-0.2, -0.15) is 5.10 Å². The number of nitrogens with one attached hydrogen (secondary N) is 2. The third-order valence-electron chi connectivity index (χ3n) is 6.62. The van der Waals surface area contributed by atoms with Gasteiger partial charge in [0, 0.05) is 44.5 Å². The first-order valence-electron chi connectivity index (χ1n) is 10.9. The van der Waals surface area contributed by atoms with Gasteiger partial charge in [-0.05, 0) is 56.7 Å². The normalized spacial score (nSPS) is 20.4. The molecule has 1 aromatic carbocycles. The highest BCUT2D eigenvalue weighted by molar-refractivity contribution is 5.93. The van der Waals surface area contributed by atoms with Crippen LogP contribution >= 0.6 is 0 Å². The number of rotatable bonds is 6. The lowest BCUT2D eigenvalue weighted by atomic mass is 9.89. The number of fused-ring (bicyclic) bond motifs is 1. The van der Waals surface area contributed by atoms with Gasteiger partial charge in [-0.25, -0.2) is 0 Å². The molecular weight excluding hydrogens is 362 g/mol. The van der Waals surface area contributed by atoms with Crippen LogP contribution in [0.5, 0.6) is 0 Å². The molecule has 0 spiro atoms. The molecule has 1 fully saturated rings. The lowest BCUT2D eigenvalue weighted by molar-refractivity contribution is 0.0956. The Bertz CT molecular complexity index is 823. The van der Waals surface area contributed by atoms with Gasteiger partial charge in [0.25, 0.3) is 5.91 Å². The molecule has 2 aliphatic rings. The van der Waals surface area contributed by atoms with E-state index in [0.717, 1.165) is 37.9 Å². The summed E-state index contributed by atoms with van der Waals surface area (Å²) in [6, 6.07) is 11.4. The number of benzene rings is 1. The molecular formula is C23H33N5O. The van der Waals surface area contributed by atoms with Crippen molar-refractivity contribution in [3.63, 3.8) is 0 Å². The highest BCUT2D eigenvalue weighted by Gasteiger charge is 2.28. The van der Waals surface area contributed by atoms with Crippen molar-refractivity contribution in [1.29, 1.82) is 0 Å². The number of aryl methyl sites for hydroxylation is 1. The van der Waals surface area contributed by atoms with E-state index in [2.05, 4.69) is 51.0 Å². The standard InChI is InChI=1S/C23H33N5O/c1-24-23(29)22-20-16-19(8-9-21(20)27(2)26-22)25-12-15-28-13-10-18(11-14-28)17-6-4-3-5-7-17/h3-7,18-19,25H,8-16H2,1-2H3,(H,24,29)/t19-/m1/s1. The highest BCUT2D eigenvalue weighted by Crippen LogP contribution is 2.28. The molecule has 1 aromatic heterocycles. The molecule has 2 N–H and O–H groups in total. The van der Waals surface area contributed by atoms with Crippen molar-refractivity contribution in [2.45, 2.75) is 44.1 Å². The Labute approximate surface area is 173 Å². The second kappa shape index (κ2) is 9.09. The van der Waals surface area contributed by atoms with E-state index in [1.54, 1.807) is 7.05 Å². The van der Waals surface area contributed by atoms with Gasteiger partial charge in [-0.3, -0.25) is 9.48 Å². The number of carbonyl (C=O) groups is 1. The molecule has 6 heteroatoms. The molecule has 2 heterocycles. The van der Waals surface area contributed by atoms with Crippen molar-refractivity contribution in [3.8, 4) is 0 Å². The maximum absolute atomic E-state index is 12.1. The number of likely N-dealkylation sites (tertiary alicyclic amines) is 1. The molecule has 0 saturated carbocycles. The fourth-order valence-corrected chi connectivity index (χ4v) is 4.91. The van der Waals surface area contributed by atoms with Crippen molar-refractivity contribution < 1.29 is 4.79 Å². The van der Waals surface area contributed by atoms with Crippen molar-refractivity contribution in [2.24, 2.45) is 7.05 Å². The summed E-state index contributed by atoms with van der Waals surface area (Å²) in [4.78, 5) is 14.7. The first kappa shape index (κ1) is 20.1. The molecule has 1 atom stereocenters. The number of hydrogen-bond donors (Lipinski definition) is 2. The van der Waals surface area contributed by atoms with E-state index in [1.165, 1.54) is 37.2 Å². The number of hydrogen-bond acceptors (Lipinski definition) is 4. The summed E-state index contributed by atoms with van der Waals surface area (Å²) in [6.45, 7) is 4.46. The average molecular weight is 396 g/mol. The van der Waals surface area contributed by atoms with Crippen LogP contribution in [0.2, 0.25) is 0 Å². The molecule has 2 aromatic rings. The lowest BCUT2D eigenvalue weighted by Gasteiger charge is -2.33. The molecule has 0 bridgehead atoms.